The van der Waals surface area contributed by atoms with E-state index in [1.54, 1.807) is 0 Å². The Hall–Kier alpha value is -0.570. The molecular formula is C9H11BrN2. The summed E-state index contributed by atoms with van der Waals surface area (Å²) in [5.41, 5.74) is 0.00660. The fourth-order valence-corrected chi connectivity index (χ4v) is 1.21. The molecule has 2 heterocycles. The normalized spacial score (nSPS) is 43.6. The Morgan fingerprint density at radius 3 is 2.92 bits per heavy atom. The highest BCUT2D eigenvalue weighted by Crippen LogP contribution is 2.21. The van der Waals surface area contributed by atoms with Gasteiger partial charge in [-0.2, -0.15) is 0 Å². The van der Waals surface area contributed by atoms with Crippen LogP contribution < -0.4 is 4.90 Å². The summed E-state index contributed by atoms with van der Waals surface area (Å²) in [7, 11) is 0. The van der Waals surface area contributed by atoms with Crippen LogP contribution in [0.3, 0.4) is 0 Å². The largest absolute Gasteiger partial charge is 0.371 e. The van der Waals surface area contributed by atoms with Crippen molar-refractivity contribution in [1.82, 2.24) is 4.98 Å². The van der Waals surface area contributed by atoms with E-state index in [9.17, 15) is 0 Å². The Morgan fingerprint density at radius 2 is 2.25 bits per heavy atom. The van der Waals surface area contributed by atoms with Crippen LogP contribution in [0.1, 0.15) is 23.7 Å². The summed E-state index contributed by atoms with van der Waals surface area (Å²) in [4.78, 5) is 4.33. The van der Waals surface area contributed by atoms with Crippen LogP contribution in [0.4, 0.5) is 5.69 Å². The molecule has 64 valence electrons. The monoisotopic (exact) mass is 234 g/mol. The molecule has 0 aliphatic carbocycles. The smallest absolute Gasteiger partial charge is 0.108 e. The van der Waals surface area contributed by atoms with Gasteiger partial charge in [0.25, 0.3) is 0 Å². The Kier molecular flexibility index (Phi) is 0.853. The fraction of sp³-hybridized carbons (Fsp3) is 0.444. The number of rotatable bonds is 1. The van der Waals surface area contributed by atoms with Gasteiger partial charge < -0.3 is 4.90 Å². The second-order valence-corrected chi connectivity index (χ2v) is 2.96. The molecule has 12 heavy (non-hydrogen) atoms. The molecule has 0 radical (unpaired) electrons. The van der Waals surface area contributed by atoms with E-state index in [1.807, 2.05) is 0 Å². The van der Waals surface area contributed by atoms with Crippen LogP contribution in [0.5, 0.6) is 0 Å². The van der Waals surface area contributed by atoms with Gasteiger partial charge in [0.05, 0.1) is 0 Å². The van der Waals surface area contributed by atoms with Gasteiger partial charge in [0, 0.05) is 35.8 Å². The molecule has 1 aromatic heterocycles. The first kappa shape index (κ1) is 2.98. The standard InChI is InChI=1S/C9H11BrN2/c10-9-7-8(3-4-11-9)12-5-1-2-6-12/h3-4,7H,1-2,5-6H2/i1D2,2D2,5D2,6D2. The lowest BCUT2D eigenvalue weighted by Crippen LogP contribution is -2.17. The summed E-state index contributed by atoms with van der Waals surface area (Å²) in [5, 5.41) is 0. The van der Waals surface area contributed by atoms with Gasteiger partial charge >= 0.3 is 0 Å². The van der Waals surface area contributed by atoms with E-state index in [4.69, 9.17) is 11.0 Å². The van der Waals surface area contributed by atoms with Crippen molar-refractivity contribution < 1.29 is 11.0 Å². The van der Waals surface area contributed by atoms with Crippen LogP contribution in [0.25, 0.3) is 0 Å². The molecule has 0 amide bonds. The zero-order valence-electron chi connectivity index (χ0n) is 14.0. The van der Waals surface area contributed by atoms with Crippen molar-refractivity contribution in [2.75, 3.05) is 17.9 Å². The summed E-state index contributed by atoms with van der Waals surface area (Å²) in [6, 6.07) is 2.62. The molecule has 1 aliphatic rings. The highest BCUT2D eigenvalue weighted by Gasteiger charge is 2.11. The highest BCUT2D eigenvalue weighted by atomic mass is 79.9. The number of hydrogen-bond donors (Lipinski definition) is 0. The third-order valence-corrected chi connectivity index (χ3v) is 1.80. The fourth-order valence-electron chi connectivity index (χ4n) is 0.856. The predicted molar refractivity (Wildman–Crippen MR) is 53.4 cm³/mol. The van der Waals surface area contributed by atoms with Crippen molar-refractivity contribution in [3.63, 3.8) is 0 Å². The molecule has 0 N–H and O–H groups in total. The number of nitrogens with zero attached hydrogens (tertiary/aromatic N) is 2. The zero-order valence-corrected chi connectivity index (χ0v) is 7.59. The minimum Gasteiger partial charge on any atom is -0.371 e. The quantitative estimate of drug-likeness (QED) is 0.695. The average molecular weight is 235 g/mol. The van der Waals surface area contributed by atoms with Gasteiger partial charge in [-0.25, -0.2) is 4.98 Å². The maximum absolute atomic E-state index is 7.87. The lowest BCUT2D eigenvalue weighted by molar-refractivity contribution is 0.949. The molecule has 0 saturated carbocycles. The summed E-state index contributed by atoms with van der Waals surface area (Å²) in [6.07, 6.45) is -4.76. The third-order valence-electron chi connectivity index (χ3n) is 1.37. The Morgan fingerprint density at radius 1 is 1.50 bits per heavy atom. The molecule has 3 heteroatoms. The Bertz CT molecular complexity index is 521. The molecular weight excluding hydrogens is 216 g/mol. The van der Waals surface area contributed by atoms with Gasteiger partial charge in [0.15, 0.2) is 0 Å². The first-order valence-corrected chi connectivity index (χ1v) is 4.08. The molecule has 1 fully saturated rings. The summed E-state index contributed by atoms with van der Waals surface area (Å²) in [5.74, 6) is 0. The first-order valence-electron chi connectivity index (χ1n) is 7.29. The van der Waals surface area contributed by atoms with Gasteiger partial charge in [-0.05, 0) is 40.8 Å². The summed E-state index contributed by atoms with van der Waals surface area (Å²) in [6.45, 7) is -5.72. The van der Waals surface area contributed by atoms with Gasteiger partial charge in [-0.15, -0.1) is 0 Å². The van der Waals surface area contributed by atoms with Crippen LogP contribution >= 0.6 is 15.9 Å². The molecule has 2 nitrogen and oxygen atoms in total. The summed E-state index contributed by atoms with van der Waals surface area (Å²) >= 11 is 3.07. The zero-order chi connectivity index (χ0) is 15.6. The van der Waals surface area contributed by atoms with E-state index in [2.05, 4.69) is 20.9 Å². The predicted octanol–water partition coefficient (Wildman–Crippen LogP) is 2.44. The summed E-state index contributed by atoms with van der Waals surface area (Å²) < 4.78 is 62.5. The van der Waals surface area contributed by atoms with Crippen molar-refractivity contribution in [1.29, 1.82) is 0 Å². The van der Waals surface area contributed by atoms with Crippen LogP contribution in [-0.4, -0.2) is 18.0 Å². The van der Waals surface area contributed by atoms with Crippen LogP contribution in [0.2, 0.25) is 0 Å². The van der Waals surface area contributed by atoms with Crippen molar-refractivity contribution in [2.24, 2.45) is 0 Å². The van der Waals surface area contributed by atoms with Gasteiger partial charge in [0.1, 0.15) is 4.60 Å². The van der Waals surface area contributed by atoms with E-state index < -0.39 is 25.7 Å². The number of halogens is 1. The van der Waals surface area contributed by atoms with E-state index >= 15 is 0 Å². The van der Waals surface area contributed by atoms with Gasteiger partial charge in [0.2, 0.25) is 0 Å². The molecule has 0 atom stereocenters. The lowest BCUT2D eigenvalue weighted by atomic mass is 10.4. The Labute approximate surface area is 92.0 Å². The molecule has 0 unspecified atom stereocenters. The molecule has 0 spiro atoms. The van der Waals surface area contributed by atoms with E-state index in [0.717, 1.165) is 0 Å². The van der Waals surface area contributed by atoms with E-state index in [1.165, 1.54) is 18.3 Å². The molecule has 1 aliphatic heterocycles. The molecule has 0 aromatic carbocycles. The molecule has 2 rings (SSSR count). The molecule has 0 bridgehead atoms. The minimum atomic E-state index is -3.03. The average Bonchev–Trinajstić information content (AvgIpc) is 2.33. The van der Waals surface area contributed by atoms with Crippen LogP contribution in [-0.2, 0) is 0 Å². The number of pyridine rings is 1. The topological polar surface area (TPSA) is 16.1 Å². The molecule has 1 saturated heterocycles. The maximum atomic E-state index is 7.87. The lowest BCUT2D eigenvalue weighted by Gasteiger charge is -2.16. The van der Waals surface area contributed by atoms with Crippen LogP contribution in [0, 0.1) is 0 Å². The second kappa shape index (κ2) is 3.44. The van der Waals surface area contributed by atoms with Crippen molar-refractivity contribution in [3.8, 4) is 0 Å². The van der Waals surface area contributed by atoms with E-state index in [-0.39, 0.29) is 5.69 Å². The van der Waals surface area contributed by atoms with Gasteiger partial charge in [-0.1, -0.05) is 0 Å². The van der Waals surface area contributed by atoms with Crippen LogP contribution in [0.15, 0.2) is 22.9 Å². The van der Waals surface area contributed by atoms with Crippen molar-refractivity contribution in [2.45, 2.75) is 12.7 Å². The number of anilines is 1. The number of hydrogen-bond acceptors (Lipinski definition) is 2. The third kappa shape index (κ3) is 1.61. The van der Waals surface area contributed by atoms with Gasteiger partial charge in [-0.3, -0.25) is 0 Å². The maximum Gasteiger partial charge on any atom is 0.108 e. The van der Waals surface area contributed by atoms with Crippen molar-refractivity contribution >= 4 is 21.6 Å². The number of aromatic nitrogens is 1. The second-order valence-electron chi connectivity index (χ2n) is 2.15. The Balaban J connectivity index is 2.69. The SMILES string of the molecule is [2H]C1([2H])N(c2ccnc(Br)c2)C([2H])([2H])C([2H])([2H])C1([2H])[2H]. The molecule has 1 aromatic rings. The highest BCUT2D eigenvalue weighted by molar-refractivity contribution is 9.10. The minimum absolute atomic E-state index is 0.00660. The van der Waals surface area contributed by atoms with Crippen molar-refractivity contribution in [3.05, 3.63) is 22.9 Å². The van der Waals surface area contributed by atoms with E-state index in [0.29, 0.717) is 9.50 Å². The first-order chi connectivity index (χ1) is 8.87.